The smallest absolute Gasteiger partial charge is 0.416 e. The van der Waals surface area contributed by atoms with E-state index < -0.39 is 29.7 Å². The second-order valence-electron chi connectivity index (χ2n) is 8.45. The number of hydrogen-bond donors (Lipinski definition) is 1. The van der Waals surface area contributed by atoms with Crippen molar-refractivity contribution in [3.05, 3.63) is 76.0 Å². The molecule has 1 atom stereocenters. The Morgan fingerprint density at radius 2 is 1.87 bits per heavy atom. The number of likely N-dealkylation sites (N-methyl/N-ethyl adjacent to an activating group) is 1. The second-order valence-corrected chi connectivity index (χ2v) is 9.40. The lowest BCUT2D eigenvalue weighted by Crippen LogP contribution is -2.41. The summed E-state index contributed by atoms with van der Waals surface area (Å²) in [5.41, 5.74) is 0.763. The van der Waals surface area contributed by atoms with E-state index >= 15 is 0 Å². The van der Waals surface area contributed by atoms with Crippen molar-refractivity contribution in [2.45, 2.75) is 18.6 Å². The minimum Gasteiger partial charge on any atom is -0.497 e. The highest BCUT2D eigenvalue weighted by atomic mass is 32.1. The lowest BCUT2D eigenvalue weighted by atomic mass is 9.99. The number of halogens is 3. The Morgan fingerprint density at radius 3 is 2.47 bits per heavy atom. The molecule has 0 bridgehead atoms. The number of anilines is 1. The molecule has 2 heterocycles. The van der Waals surface area contributed by atoms with Crippen molar-refractivity contribution >= 4 is 34.7 Å². The summed E-state index contributed by atoms with van der Waals surface area (Å²) in [7, 11) is 4.49. The lowest BCUT2D eigenvalue weighted by molar-refractivity contribution is -0.137. The zero-order valence-corrected chi connectivity index (χ0v) is 21.6. The molecule has 3 amide bonds. The molecule has 200 valence electrons. The number of nitrogens with zero attached hydrogens (tertiary/aromatic N) is 3. The maximum atomic E-state index is 13.4. The van der Waals surface area contributed by atoms with E-state index in [2.05, 4.69) is 10.4 Å². The maximum absolute atomic E-state index is 13.4. The summed E-state index contributed by atoms with van der Waals surface area (Å²) in [6, 6.07) is 12.0. The van der Waals surface area contributed by atoms with Crippen molar-refractivity contribution in [2.75, 3.05) is 33.1 Å². The molecule has 0 aliphatic carbocycles. The fourth-order valence-corrected chi connectivity index (χ4v) is 4.70. The van der Waals surface area contributed by atoms with E-state index in [0.29, 0.717) is 23.5 Å². The summed E-state index contributed by atoms with van der Waals surface area (Å²) < 4.78 is 49.3. The van der Waals surface area contributed by atoms with Crippen LogP contribution in [0.25, 0.3) is 0 Å². The Kier molecular flexibility index (Phi) is 7.91. The number of hydrogen-bond acceptors (Lipinski definition) is 6. The third-order valence-corrected chi connectivity index (χ3v) is 6.87. The first kappa shape index (κ1) is 27.0. The molecule has 0 spiro atoms. The first-order valence-corrected chi connectivity index (χ1v) is 12.3. The molecule has 1 aliphatic rings. The molecule has 1 aliphatic heterocycles. The molecule has 2 aromatic carbocycles. The van der Waals surface area contributed by atoms with Gasteiger partial charge in [-0.3, -0.25) is 4.79 Å². The van der Waals surface area contributed by atoms with E-state index in [4.69, 9.17) is 9.47 Å². The average Bonchev–Trinajstić information content (AvgIpc) is 3.58. The van der Waals surface area contributed by atoms with Gasteiger partial charge in [0.1, 0.15) is 18.0 Å². The SMILES string of the molecule is COc1ccc(OC)c([C@H]2CC(c3cccs3)=NN2C(=O)CN(C)C(=O)Nc2ccc(C(F)(F)F)cc2)c1. The van der Waals surface area contributed by atoms with Gasteiger partial charge < -0.3 is 19.7 Å². The van der Waals surface area contributed by atoms with Gasteiger partial charge in [-0.2, -0.15) is 18.3 Å². The Bertz CT molecular complexity index is 1330. The lowest BCUT2D eigenvalue weighted by Gasteiger charge is -2.26. The van der Waals surface area contributed by atoms with Crippen LogP contribution in [0.5, 0.6) is 11.5 Å². The number of amides is 3. The van der Waals surface area contributed by atoms with Crippen molar-refractivity contribution in [1.29, 1.82) is 0 Å². The summed E-state index contributed by atoms with van der Waals surface area (Å²) in [4.78, 5) is 28.2. The Balaban J connectivity index is 1.53. The van der Waals surface area contributed by atoms with Gasteiger partial charge in [0.25, 0.3) is 5.91 Å². The minimum atomic E-state index is -4.48. The molecule has 38 heavy (non-hydrogen) atoms. The zero-order valence-electron chi connectivity index (χ0n) is 20.8. The Hall–Kier alpha value is -4.06. The van der Waals surface area contributed by atoms with E-state index in [1.54, 1.807) is 25.3 Å². The number of alkyl halides is 3. The Labute approximate surface area is 221 Å². The van der Waals surface area contributed by atoms with E-state index in [0.717, 1.165) is 39.8 Å². The number of rotatable bonds is 7. The van der Waals surface area contributed by atoms with Crippen molar-refractivity contribution in [3.8, 4) is 11.5 Å². The predicted octanol–water partition coefficient (Wildman–Crippen LogP) is 5.63. The second kappa shape index (κ2) is 11.1. The topological polar surface area (TPSA) is 83.5 Å². The van der Waals surface area contributed by atoms with E-state index in [1.165, 1.54) is 30.5 Å². The van der Waals surface area contributed by atoms with Gasteiger partial charge in [-0.1, -0.05) is 6.07 Å². The van der Waals surface area contributed by atoms with Crippen LogP contribution < -0.4 is 14.8 Å². The highest BCUT2D eigenvalue weighted by Gasteiger charge is 2.36. The zero-order chi connectivity index (χ0) is 27.4. The fraction of sp³-hybridized carbons (Fsp3) is 0.269. The summed E-state index contributed by atoms with van der Waals surface area (Å²) in [5, 5.41) is 10.4. The molecule has 3 aromatic rings. The molecule has 12 heteroatoms. The standard InChI is InChI=1S/C26H25F3N4O4S/c1-32(25(35)30-17-8-6-16(7-9-17)26(27,28)29)15-24(34)33-21(14-20(31-33)23-5-4-12-38-23)19-13-18(36-2)10-11-22(19)37-3/h4-13,21H,14-15H2,1-3H3,(H,30,35)/t21-/m1/s1. The molecular formula is C26H25F3N4O4S. The largest absolute Gasteiger partial charge is 0.497 e. The number of hydrazone groups is 1. The van der Waals surface area contributed by atoms with Crippen molar-refractivity contribution < 1.29 is 32.2 Å². The van der Waals surface area contributed by atoms with Gasteiger partial charge in [0.05, 0.1) is 36.4 Å². The van der Waals surface area contributed by atoms with E-state index in [1.807, 2.05) is 17.5 Å². The van der Waals surface area contributed by atoms with Gasteiger partial charge in [-0.15, -0.1) is 11.3 Å². The van der Waals surface area contributed by atoms with Crippen molar-refractivity contribution in [1.82, 2.24) is 9.91 Å². The third-order valence-electron chi connectivity index (χ3n) is 5.95. The van der Waals surface area contributed by atoms with Gasteiger partial charge >= 0.3 is 12.2 Å². The summed E-state index contributed by atoms with van der Waals surface area (Å²) in [6.07, 6.45) is -4.05. The number of urea groups is 1. The maximum Gasteiger partial charge on any atom is 0.416 e. The third kappa shape index (κ3) is 5.91. The Morgan fingerprint density at radius 1 is 1.13 bits per heavy atom. The van der Waals surface area contributed by atoms with Gasteiger partial charge in [0, 0.05) is 24.7 Å². The van der Waals surface area contributed by atoms with Crippen LogP contribution in [0.1, 0.15) is 28.5 Å². The molecule has 0 saturated carbocycles. The number of thiophene rings is 1. The molecule has 4 rings (SSSR count). The quantitative estimate of drug-likeness (QED) is 0.417. The number of nitrogens with one attached hydrogen (secondary N) is 1. The van der Waals surface area contributed by atoms with Crippen molar-refractivity contribution in [2.24, 2.45) is 5.10 Å². The van der Waals surface area contributed by atoms with Crippen LogP contribution in [0.4, 0.5) is 23.7 Å². The molecule has 8 nitrogen and oxygen atoms in total. The first-order chi connectivity index (χ1) is 18.1. The summed E-state index contributed by atoms with van der Waals surface area (Å²) >= 11 is 1.50. The number of carbonyl (C=O) groups excluding carboxylic acids is 2. The molecular weight excluding hydrogens is 521 g/mol. The van der Waals surface area contributed by atoms with Gasteiger partial charge in [-0.05, 0) is 53.9 Å². The highest BCUT2D eigenvalue weighted by molar-refractivity contribution is 7.12. The molecule has 0 unspecified atom stereocenters. The van der Waals surface area contributed by atoms with Crippen LogP contribution in [0.2, 0.25) is 0 Å². The first-order valence-electron chi connectivity index (χ1n) is 11.5. The highest BCUT2D eigenvalue weighted by Crippen LogP contribution is 2.40. The molecule has 1 N–H and O–H groups in total. The number of benzene rings is 2. The van der Waals surface area contributed by atoms with E-state index in [9.17, 15) is 22.8 Å². The number of ether oxygens (including phenoxy) is 2. The van der Waals surface area contributed by atoms with Gasteiger partial charge in [-0.25, -0.2) is 9.80 Å². The van der Waals surface area contributed by atoms with Crippen LogP contribution in [0.15, 0.2) is 65.1 Å². The minimum absolute atomic E-state index is 0.167. The monoisotopic (exact) mass is 546 g/mol. The van der Waals surface area contributed by atoms with E-state index in [-0.39, 0.29) is 12.2 Å². The molecule has 0 saturated heterocycles. The van der Waals surface area contributed by atoms with Crippen molar-refractivity contribution in [3.63, 3.8) is 0 Å². The summed E-state index contributed by atoms with van der Waals surface area (Å²) in [6.45, 7) is -0.323. The fourth-order valence-electron chi connectivity index (χ4n) is 3.98. The van der Waals surface area contributed by atoms with Crippen LogP contribution in [-0.2, 0) is 11.0 Å². The van der Waals surface area contributed by atoms with Gasteiger partial charge in [0.2, 0.25) is 0 Å². The average molecular weight is 547 g/mol. The van der Waals surface area contributed by atoms with Crippen LogP contribution in [-0.4, -0.2) is 55.4 Å². The normalized spacial score (nSPS) is 15.2. The van der Waals surface area contributed by atoms with Crippen LogP contribution in [0.3, 0.4) is 0 Å². The molecule has 0 fully saturated rings. The van der Waals surface area contributed by atoms with Crippen LogP contribution in [0, 0.1) is 0 Å². The molecule has 0 radical (unpaired) electrons. The van der Waals surface area contributed by atoms with Crippen LogP contribution >= 0.6 is 11.3 Å². The summed E-state index contributed by atoms with van der Waals surface area (Å²) in [5.74, 6) is 0.701. The predicted molar refractivity (Wildman–Crippen MR) is 138 cm³/mol. The molecule has 1 aromatic heterocycles. The van der Waals surface area contributed by atoms with Gasteiger partial charge in [0.15, 0.2) is 0 Å². The number of methoxy groups -OCH3 is 2. The number of carbonyl (C=O) groups is 2.